The zero-order valence-electron chi connectivity index (χ0n) is 60.0. The fraction of sp³-hybridized carbons (Fsp3) is 0.945. The van der Waals surface area contributed by atoms with Crippen molar-refractivity contribution in [2.45, 2.75) is 388 Å². The molecule has 7 atom stereocenters. The average molecular weight is 1350 g/mol. The number of carbonyl (C=O) groups is 4. The van der Waals surface area contributed by atoms with Crippen LogP contribution in [0.4, 0.5) is 0 Å². The zero-order chi connectivity index (χ0) is 68.0. The highest BCUT2D eigenvalue weighted by Gasteiger charge is 2.30. The number of carbonyl (C=O) groups excluding carboxylic acids is 4. The number of phosphoric ester groups is 2. The van der Waals surface area contributed by atoms with Gasteiger partial charge in [0.2, 0.25) is 0 Å². The lowest BCUT2D eigenvalue weighted by molar-refractivity contribution is -0.161. The monoisotopic (exact) mass is 1350 g/mol. The maximum absolute atomic E-state index is 13.1. The topological polar surface area (TPSA) is 237 Å². The van der Waals surface area contributed by atoms with Crippen molar-refractivity contribution in [2.24, 2.45) is 17.8 Å². The number of aliphatic hydroxyl groups is 1. The Hall–Kier alpha value is -1.94. The van der Waals surface area contributed by atoms with Crippen molar-refractivity contribution in [2.75, 3.05) is 39.6 Å². The molecule has 0 rings (SSSR count). The highest BCUT2D eigenvalue weighted by atomic mass is 31.2. The van der Waals surface area contributed by atoms with Gasteiger partial charge >= 0.3 is 39.5 Å². The zero-order valence-corrected chi connectivity index (χ0v) is 61.8. The maximum Gasteiger partial charge on any atom is 0.472 e. The van der Waals surface area contributed by atoms with Crippen LogP contribution < -0.4 is 0 Å². The largest absolute Gasteiger partial charge is 0.472 e. The molecular weight excluding hydrogens is 1210 g/mol. The van der Waals surface area contributed by atoms with E-state index in [1.54, 1.807) is 0 Å². The van der Waals surface area contributed by atoms with E-state index in [0.29, 0.717) is 31.6 Å². The molecule has 0 aliphatic rings. The Morgan fingerprint density at radius 2 is 0.554 bits per heavy atom. The SMILES string of the molecule is CCCCCCCCCCCCC(=O)OC[C@H](COP(=O)(O)OC[C@H](O)COP(=O)(O)OC[C@@H](COC(=O)CCCCCCCCCCCCC(C)CC)OC(=O)CCCCCCCCCCCCCCCCC(C)CC)OC(=O)CCCCCCCCCC(C)C. The van der Waals surface area contributed by atoms with Crippen LogP contribution >= 0.6 is 15.6 Å². The molecule has 0 aliphatic heterocycles. The summed E-state index contributed by atoms with van der Waals surface area (Å²) < 4.78 is 68.4. The first kappa shape index (κ1) is 90.1. The number of esters is 4. The summed E-state index contributed by atoms with van der Waals surface area (Å²) in [5.74, 6) is 0.227. The van der Waals surface area contributed by atoms with E-state index in [2.05, 4.69) is 48.5 Å². The van der Waals surface area contributed by atoms with Gasteiger partial charge in [0.05, 0.1) is 26.4 Å². The molecule has 0 spiro atoms. The van der Waals surface area contributed by atoms with Gasteiger partial charge in [0, 0.05) is 25.7 Å². The second-order valence-corrected chi connectivity index (χ2v) is 30.2. The molecule has 0 fully saturated rings. The summed E-state index contributed by atoms with van der Waals surface area (Å²) in [7, 11) is -9.90. The van der Waals surface area contributed by atoms with E-state index in [1.807, 2.05) is 0 Å². The van der Waals surface area contributed by atoms with Gasteiger partial charge < -0.3 is 33.8 Å². The Morgan fingerprint density at radius 3 is 0.826 bits per heavy atom. The molecular formula is C73H142O17P2. The van der Waals surface area contributed by atoms with Gasteiger partial charge in [0.25, 0.3) is 0 Å². The highest BCUT2D eigenvalue weighted by molar-refractivity contribution is 7.47. The summed E-state index contributed by atoms with van der Waals surface area (Å²) in [6, 6.07) is 0. The van der Waals surface area contributed by atoms with Gasteiger partial charge in [-0.05, 0) is 43.4 Å². The lowest BCUT2D eigenvalue weighted by Gasteiger charge is -2.21. The van der Waals surface area contributed by atoms with Gasteiger partial charge in [-0.2, -0.15) is 0 Å². The Kier molecular flexibility index (Phi) is 62.4. The fourth-order valence-electron chi connectivity index (χ4n) is 11.0. The number of aliphatic hydroxyl groups excluding tert-OH is 1. The van der Waals surface area contributed by atoms with Crippen LogP contribution in [0.5, 0.6) is 0 Å². The van der Waals surface area contributed by atoms with Crippen molar-refractivity contribution >= 4 is 39.5 Å². The van der Waals surface area contributed by atoms with Gasteiger partial charge in [0.15, 0.2) is 12.2 Å². The first-order valence-electron chi connectivity index (χ1n) is 37.9. The van der Waals surface area contributed by atoms with Crippen molar-refractivity contribution in [1.29, 1.82) is 0 Å². The molecule has 19 heteroatoms. The Balaban J connectivity index is 5.24. The second-order valence-electron chi connectivity index (χ2n) is 27.3. The summed E-state index contributed by atoms with van der Waals surface area (Å²) in [6.45, 7) is 11.9. The molecule has 4 unspecified atom stereocenters. The fourth-order valence-corrected chi connectivity index (χ4v) is 12.6. The van der Waals surface area contributed by atoms with Crippen molar-refractivity contribution in [1.82, 2.24) is 0 Å². The van der Waals surface area contributed by atoms with Crippen LogP contribution in [-0.2, 0) is 65.4 Å². The first-order chi connectivity index (χ1) is 44.3. The molecule has 0 saturated heterocycles. The molecule has 0 aromatic rings. The van der Waals surface area contributed by atoms with Gasteiger partial charge in [-0.3, -0.25) is 37.3 Å². The van der Waals surface area contributed by atoms with E-state index in [-0.39, 0.29) is 25.7 Å². The maximum atomic E-state index is 13.1. The molecule has 0 aromatic carbocycles. The van der Waals surface area contributed by atoms with Crippen LogP contribution in [0.15, 0.2) is 0 Å². The number of phosphoric acid groups is 2. The van der Waals surface area contributed by atoms with Crippen LogP contribution in [0.25, 0.3) is 0 Å². The van der Waals surface area contributed by atoms with Crippen LogP contribution in [0, 0.1) is 17.8 Å². The van der Waals surface area contributed by atoms with E-state index in [1.165, 1.54) is 180 Å². The molecule has 0 bridgehead atoms. The highest BCUT2D eigenvalue weighted by Crippen LogP contribution is 2.45. The van der Waals surface area contributed by atoms with Crippen LogP contribution in [0.1, 0.15) is 370 Å². The molecule has 0 aromatic heterocycles. The Labute approximate surface area is 562 Å². The third-order valence-electron chi connectivity index (χ3n) is 17.6. The van der Waals surface area contributed by atoms with Gasteiger partial charge in [0.1, 0.15) is 19.3 Å². The van der Waals surface area contributed by atoms with E-state index < -0.39 is 97.5 Å². The van der Waals surface area contributed by atoms with Crippen LogP contribution in [0.3, 0.4) is 0 Å². The standard InChI is InChI=1S/C73H142O17P2/c1-8-11-12-13-14-15-26-33-40-47-54-70(75)83-61-69(90-73(78)57-50-43-36-29-30-37-44-51-64(4)5)63-88-92(81,82)86-59-67(74)58-85-91(79,80)87-62-68(60-84-71(76)55-48-41-34-27-23-22-25-32-39-46-53-66(7)10-3)89-72(77)56-49-42-35-28-21-19-17-16-18-20-24-31-38-45-52-65(6)9-2/h64-69,74H,8-63H2,1-7H3,(H,79,80)(H,81,82)/t65?,66?,67-,68-,69-/m1/s1. The number of unbranched alkanes of at least 4 members (excludes halogenated alkanes) is 37. The smallest absolute Gasteiger partial charge is 0.462 e. The van der Waals surface area contributed by atoms with Crippen molar-refractivity contribution in [3.05, 3.63) is 0 Å². The quantitative estimate of drug-likeness (QED) is 0.0222. The van der Waals surface area contributed by atoms with Crippen LogP contribution in [0.2, 0.25) is 0 Å². The van der Waals surface area contributed by atoms with Gasteiger partial charge in [-0.25, -0.2) is 9.13 Å². The molecule has 0 heterocycles. The predicted molar refractivity (Wildman–Crippen MR) is 372 cm³/mol. The normalized spacial score (nSPS) is 14.7. The molecule has 3 N–H and O–H groups in total. The number of rotatable bonds is 71. The van der Waals surface area contributed by atoms with E-state index in [9.17, 15) is 43.2 Å². The summed E-state index contributed by atoms with van der Waals surface area (Å²) >= 11 is 0. The van der Waals surface area contributed by atoms with Crippen molar-refractivity contribution < 1.29 is 80.2 Å². The summed E-state index contributed by atoms with van der Waals surface area (Å²) in [6.07, 6.45) is 48.5. The van der Waals surface area contributed by atoms with E-state index >= 15 is 0 Å². The summed E-state index contributed by atoms with van der Waals surface area (Å²) in [4.78, 5) is 72.6. The van der Waals surface area contributed by atoms with Crippen LogP contribution in [-0.4, -0.2) is 96.7 Å². The number of hydrogen-bond donors (Lipinski definition) is 3. The molecule has 0 radical (unpaired) electrons. The van der Waals surface area contributed by atoms with E-state index in [4.69, 9.17) is 37.0 Å². The minimum absolute atomic E-state index is 0.103. The molecule has 0 saturated carbocycles. The third kappa shape index (κ3) is 64.1. The van der Waals surface area contributed by atoms with Gasteiger partial charge in [-0.1, -0.05) is 318 Å². The third-order valence-corrected chi connectivity index (χ3v) is 19.5. The Bertz CT molecular complexity index is 1810. The Morgan fingerprint density at radius 1 is 0.315 bits per heavy atom. The molecule has 17 nitrogen and oxygen atoms in total. The van der Waals surface area contributed by atoms with Crippen molar-refractivity contribution in [3.63, 3.8) is 0 Å². The van der Waals surface area contributed by atoms with Gasteiger partial charge in [-0.15, -0.1) is 0 Å². The molecule has 0 amide bonds. The molecule has 92 heavy (non-hydrogen) atoms. The molecule has 546 valence electrons. The minimum Gasteiger partial charge on any atom is -0.462 e. The lowest BCUT2D eigenvalue weighted by Crippen LogP contribution is -2.30. The van der Waals surface area contributed by atoms with E-state index in [0.717, 1.165) is 102 Å². The first-order valence-corrected chi connectivity index (χ1v) is 40.9. The minimum atomic E-state index is -4.96. The number of ether oxygens (including phenoxy) is 4. The second kappa shape index (κ2) is 63.8. The summed E-state index contributed by atoms with van der Waals surface area (Å²) in [5.41, 5.74) is 0. The van der Waals surface area contributed by atoms with Crippen molar-refractivity contribution in [3.8, 4) is 0 Å². The lowest BCUT2D eigenvalue weighted by atomic mass is 9.99. The predicted octanol–water partition coefficient (Wildman–Crippen LogP) is 21.0. The average Bonchev–Trinajstić information content (AvgIpc) is 1.91. The summed E-state index contributed by atoms with van der Waals surface area (Å²) in [5, 5.41) is 10.6. The number of hydrogen-bond acceptors (Lipinski definition) is 15. The molecule has 0 aliphatic carbocycles.